The van der Waals surface area contributed by atoms with Crippen LogP contribution in [0.3, 0.4) is 0 Å². The van der Waals surface area contributed by atoms with Crippen LogP contribution in [0.5, 0.6) is 5.75 Å². The molecule has 0 aliphatic heterocycles. The van der Waals surface area contributed by atoms with Gasteiger partial charge in [-0.1, -0.05) is 13.5 Å². The molecule has 0 bridgehead atoms. The first-order chi connectivity index (χ1) is 8.13. The van der Waals surface area contributed by atoms with Crippen molar-refractivity contribution in [3.05, 3.63) is 29.3 Å². The van der Waals surface area contributed by atoms with Gasteiger partial charge in [-0.05, 0) is 31.5 Å². The highest BCUT2D eigenvalue weighted by Crippen LogP contribution is 2.25. The fourth-order valence-electron chi connectivity index (χ4n) is 1.47. The number of ether oxygens (including phenoxy) is 2. The molecule has 0 N–H and O–H groups in total. The number of carbonyl (C=O) groups excluding carboxylic acids is 1. The summed E-state index contributed by atoms with van der Waals surface area (Å²) in [6.07, 6.45) is 0. The first kappa shape index (κ1) is 16.0. The monoisotopic (exact) mass is 249 g/mol. The second kappa shape index (κ2) is 7.33. The molecule has 0 aromatic heterocycles. The molecule has 1 atom stereocenters. The highest BCUT2D eigenvalue weighted by Gasteiger charge is 2.17. The number of methoxy groups -OCH3 is 1. The van der Waals surface area contributed by atoms with Crippen molar-refractivity contribution in [2.45, 2.75) is 27.2 Å². The largest absolute Gasteiger partial charge is 0.495 e. The number of nitrogens with zero attached hydrogens (tertiary/aromatic N) is 1. The standard InChI is InChI=1S/C13H15NO3.CH4/c1-4-17-13(15)9(2)10-5-6-11(8-14)12(7-10)16-3;/h5-7,9H,4H2,1-3H3;1H4. The van der Waals surface area contributed by atoms with Crippen LogP contribution in [-0.4, -0.2) is 19.7 Å². The Kier molecular flexibility index (Phi) is 6.51. The van der Waals surface area contributed by atoms with Crippen molar-refractivity contribution in [3.8, 4) is 11.8 Å². The Labute approximate surface area is 108 Å². The van der Waals surface area contributed by atoms with Crippen molar-refractivity contribution in [2.75, 3.05) is 13.7 Å². The van der Waals surface area contributed by atoms with E-state index in [-0.39, 0.29) is 19.3 Å². The quantitative estimate of drug-likeness (QED) is 0.770. The normalized spacial score (nSPS) is 10.8. The van der Waals surface area contributed by atoms with Gasteiger partial charge in [0.25, 0.3) is 0 Å². The summed E-state index contributed by atoms with van der Waals surface area (Å²) in [6.45, 7) is 3.89. The fourth-order valence-corrected chi connectivity index (χ4v) is 1.47. The zero-order valence-electron chi connectivity index (χ0n) is 10.2. The number of nitriles is 1. The summed E-state index contributed by atoms with van der Waals surface area (Å²) in [5.74, 6) is -0.169. The second-order valence-electron chi connectivity index (χ2n) is 3.55. The third-order valence-corrected chi connectivity index (χ3v) is 2.49. The molecule has 0 spiro atoms. The summed E-state index contributed by atoms with van der Waals surface area (Å²) in [6, 6.07) is 7.10. The molecular formula is C14H19NO3. The van der Waals surface area contributed by atoms with Crippen LogP contribution >= 0.6 is 0 Å². The van der Waals surface area contributed by atoms with Crippen molar-refractivity contribution < 1.29 is 14.3 Å². The van der Waals surface area contributed by atoms with Gasteiger partial charge in [-0.15, -0.1) is 0 Å². The Morgan fingerprint density at radius 3 is 2.67 bits per heavy atom. The van der Waals surface area contributed by atoms with Crippen LogP contribution in [-0.2, 0) is 9.53 Å². The van der Waals surface area contributed by atoms with Gasteiger partial charge in [-0.25, -0.2) is 0 Å². The third kappa shape index (κ3) is 3.49. The minimum atomic E-state index is -0.364. The van der Waals surface area contributed by atoms with E-state index in [4.69, 9.17) is 14.7 Å². The van der Waals surface area contributed by atoms with Crippen molar-refractivity contribution in [1.82, 2.24) is 0 Å². The minimum absolute atomic E-state index is 0. The maximum atomic E-state index is 11.6. The lowest BCUT2D eigenvalue weighted by Crippen LogP contribution is -2.13. The predicted octanol–water partition coefficient (Wildman–Crippen LogP) is 2.87. The summed E-state index contributed by atoms with van der Waals surface area (Å²) >= 11 is 0. The van der Waals surface area contributed by atoms with Crippen molar-refractivity contribution in [3.63, 3.8) is 0 Å². The Morgan fingerprint density at radius 1 is 1.50 bits per heavy atom. The zero-order valence-corrected chi connectivity index (χ0v) is 10.2. The lowest BCUT2D eigenvalue weighted by Gasteiger charge is -2.12. The van der Waals surface area contributed by atoms with Crippen LogP contribution in [0.1, 0.15) is 38.3 Å². The molecular weight excluding hydrogens is 230 g/mol. The summed E-state index contributed by atoms with van der Waals surface area (Å²) in [7, 11) is 1.50. The molecule has 1 aromatic rings. The summed E-state index contributed by atoms with van der Waals surface area (Å²) in [5.41, 5.74) is 1.23. The topological polar surface area (TPSA) is 59.3 Å². The van der Waals surface area contributed by atoms with Gasteiger partial charge in [0.05, 0.1) is 25.2 Å². The van der Waals surface area contributed by atoms with Crippen LogP contribution in [0.2, 0.25) is 0 Å². The van der Waals surface area contributed by atoms with Crippen LogP contribution in [0.15, 0.2) is 18.2 Å². The number of esters is 1. The summed E-state index contributed by atoms with van der Waals surface area (Å²) in [4.78, 5) is 11.6. The van der Waals surface area contributed by atoms with Crippen LogP contribution < -0.4 is 4.74 Å². The third-order valence-electron chi connectivity index (χ3n) is 2.49. The lowest BCUT2D eigenvalue weighted by atomic mass is 9.99. The van der Waals surface area contributed by atoms with Crippen LogP contribution in [0.4, 0.5) is 0 Å². The number of hydrogen-bond donors (Lipinski definition) is 0. The second-order valence-corrected chi connectivity index (χ2v) is 3.55. The summed E-state index contributed by atoms with van der Waals surface area (Å²) in [5, 5.41) is 8.85. The average molecular weight is 249 g/mol. The van der Waals surface area contributed by atoms with Crippen LogP contribution in [0.25, 0.3) is 0 Å². The van der Waals surface area contributed by atoms with Crippen molar-refractivity contribution in [2.24, 2.45) is 0 Å². The molecule has 1 aromatic carbocycles. The molecule has 0 saturated carbocycles. The molecule has 0 aliphatic carbocycles. The zero-order chi connectivity index (χ0) is 12.8. The van der Waals surface area contributed by atoms with E-state index >= 15 is 0 Å². The maximum absolute atomic E-state index is 11.6. The number of rotatable bonds is 4. The molecule has 4 heteroatoms. The Bertz CT molecular complexity index is 449. The van der Waals surface area contributed by atoms with Gasteiger partial charge in [0.1, 0.15) is 11.8 Å². The Morgan fingerprint density at radius 2 is 2.17 bits per heavy atom. The average Bonchev–Trinajstić information content (AvgIpc) is 2.37. The number of carbonyl (C=O) groups is 1. The highest BCUT2D eigenvalue weighted by atomic mass is 16.5. The Hall–Kier alpha value is -2.02. The van der Waals surface area contributed by atoms with E-state index in [1.165, 1.54) is 7.11 Å². The molecule has 0 radical (unpaired) electrons. The van der Waals surface area contributed by atoms with Gasteiger partial charge in [0.15, 0.2) is 0 Å². The van der Waals surface area contributed by atoms with Crippen molar-refractivity contribution >= 4 is 5.97 Å². The van der Waals surface area contributed by atoms with Crippen LogP contribution in [0, 0.1) is 11.3 Å². The number of benzene rings is 1. The van der Waals surface area contributed by atoms with E-state index in [9.17, 15) is 4.79 Å². The maximum Gasteiger partial charge on any atom is 0.313 e. The summed E-state index contributed by atoms with van der Waals surface area (Å²) < 4.78 is 10.0. The van der Waals surface area contributed by atoms with E-state index in [1.807, 2.05) is 6.07 Å². The first-order valence-electron chi connectivity index (χ1n) is 5.38. The van der Waals surface area contributed by atoms with E-state index in [0.717, 1.165) is 5.56 Å². The SMILES string of the molecule is C.CCOC(=O)C(C)c1ccc(C#N)c(OC)c1. The van der Waals surface area contributed by atoms with Crippen molar-refractivity contribution in [1.29, 1.82) is 5.26 Å². The highest BCUT2D eigenvalue weighted by molar-refractivity contribution is 5.78. The molecule has 1 unspecified atom stereocenters. The molecule has 1 rings (SSSR count). The molecule has 4 nitrogen and oxygen atoms in total. The van der Waals surface area contributed by atoms with E-state index < -0.39 is 0 Å². The molecule has 0 aliphatic rings. The minimum Gasteiger partial charge on any atom is -0.495 e. The van der Waals surface area contributed by atoms with E-state index in [0.29, 0.717) is 17.9 Å². The van der Waals surface area contributed by atoms with Gasteiger partial charge in [-0.3, -0.25) is 4.79 Å². The van der Waals surface area contributed by atoms with E-state index in [1.54, 1.807) is 32.0 Å². The van der Waals surface area contributed by atoms with Gasteiger partial charge >= 0.3 is 5.97 Å². The predicted molar refractivity (Wildman–Crippen MR) is 69.5 cm³/mol. The van der Waals surface area contributed by atoms with Gasteiger partial charge < -0.3 is 9.47 Å². The molecule has 0 saturated heterocycles. The lowest BCUT2D eigenvalue weighted by molar-refractivity contribution is -0.144. The molecule has 18 heavy (non-hydrogen) atoms. The first-order valence-corrected chi connectivity index (χ1v) is 5.38. The smallest absolute Gasteiger partial charge is 0.313 e. The Balaban J connectivity index is 0.00000289. The molecule has 0 heterocycles. The van der Waals surface area contributed by atoms with E-state index in [2.05, 4.69) is 0 Å². The van der Waals surface area contributed by atoms with Gasteiger partial charge in [0, 0.05) is 0 Å². The fraction of sp³-hybridized carbons (Fsp3) is 0.429. The molecule has 0 amide bonds. The number of hydrogen-bond acceptors (Lipinski definition) is 4. The van der Waals surface area contributed by atoms with Gasteiger partial charge in [0.2, 0.25) is 0 Å². The molecule has 98 valence electrons. The van der Waals surface area contributed by atoms with Gasteiger partial charge in [-0.2, -0.15) is 5.26 Å². The molecule has 0 fully saturated rings.